The van der Waals surface area contributed by atoms with Crippen molar-refractivity contribution in [1.82, 2.24) is 20.4 Å². The van der Waals surface area contributed by atoms with E-state index in [9.17, 15) is 4.79 Å². The number of hydrogen-bond acceptors (Lipinski definition) is 6. The second kappa shape index (κ2) is 4.16. The number of hydrogen-bond donors (Lipinski definition) is 1. The predicted octanol–water partition coefficient (Wildman–Crippen LogP) is -0.496. The lowest BCUT2D eigenvalue weighted by molar-refractivity contribution is 0.0921. The summed E-state index contributed by atoms with van der Waals surface area (Å²) in [6.07, 6.45) is 0.168. The summed E-state index contributed by atoms with van der Waals surface area (Å²) in [5.41, 5.74) is 0. The molecule has 0 fully saturated rings. The zero-order valence-corrected chi connectivity index (χ0v) is 6.04. The molecule has 64 valence electrons. The van der Waals surface area contributed by atoms with Crippen LogP contribution in [-0.4, -0.2) is 38.3 Å². The van der Waals surface area contributed by atoms with Crippen LogP contribution in [0.3, 0.4) is 0 Å². The van der Waals surface area contributed by atoms with Gasteiger partial charge in [0, 0.05) is 6.42 Å². The van der Waals surface area contributed by atoms with Gasteiger partial charge in [-0.1, -0.05) is 0 Å². The van der Waals surface area contributed by atoms with Crippen LogP contribution in [0.25, 0.3) is 0 Å². The fraction of sp³-hybridized carbons (Fsp3) is 0.400. The van der Waals surface area contributed by atoms with E-state index in [2.05, 4.69) is 25.1 Å². The molecule has 0 bridgehead atoms. The van der Waals surface area contributed by atoms with E-state index in [4.69, 9.17) is 5.11 Å². The van der Waals surface area contributed by atoms with Crippen molar-refractivity contribution in [2.75, 3.05) is 6.61 Å². The molecular weight excluding hydrogens is 164 g/mol. The first-order chi connectivity index (χ1) is 5.79. The smallest absolute Gasteiger partial charge is 0.450 e. The molecule has 1 heterocycles. The van der Waals surface area contributed by atoms with Gasteiger partial charge in [-0.05, 0) is 0 Å². The zero-order chi connectivity index (χ0) is 8.81. The molecule has 0 spiro atoms. The third-order valence-corrected chi connectivity index (χ3v) is 1.00. The largest absolute Gasteiger partial charge is 0.505 e. The third kappa shape index (κ3) is 2.86. The van der Waals surface area contributed by atoms with E-state index >= 15 is 0 Å². The van der Waals surface area contributed by atoms with E-state index in [1.807, 2.05) is 0 Å². The summed E-state index contributed by atoms with van der Waals surface area (Å²) in [7, 11) is 0. The highest BCUT2D eigenvalue weighted by Gasteiger charge is 1.99. The van der Waals surface area contributed by atoms with Crippen molar-refractivity contribution in [3.05, 3.63) is 12.2 Å². The minimum absolute atomic E-state index is 0.0166. The van der Waals surface area contributed by atoms with Crippen LogP contribution in [0.1, 0.15) is 5.82 Å². The first-order valence-electron chi connectivity index (χ1n) is 3.14. The van der Waals surface area contributed by atoms with Crippen molar-refractivity contribution in [2.24, 2.45) is 0 Å². The molecule has 0 aromatic carbocycles. The molecular formula is C5H6N4O3. The van der Waals surface area contributed by atoms with Gasteiger partial charge in [0.05, 0.1) is 0 Å². The standard InChI is InChI=1S/C5H6N4O3/c10-5(11)12-2-1-4-8-6-3-7-9-4/h3H,1-2H2,(H,10,11). The van der Waals surface area contributed by atoms with Gasteiger partial charge in [0.15, 0.2) is 12.2 Å². The lowest BCUT2D eigenvalue weighted by atomic mass is 10.4. The molecule has 0 radical (unpaired) electrons. The Morgan fingerprint density at radius 3 is 2.75 bits per heavy atom. The average molecular weight is 170 g/mol. The van der Waals surface area contributed by atoms with E-state index in [1.54, 1.807) is 0 Å². The maximum absolute atomic E-state index is 9.90. The number of nitrogens with zero attached hydrogens (tertiary/aromatic N) is 4. The van der Waals surface area contributed by atoms with E-state index in [-0.39, 0.29) is 13.0 Å². The van der Waals surface area contributed by atoms with Gasteiger partial charge in [-0.25, -0.2) is 4.79 Å². The first-order valence-corrected chi connectivity index (χ1v) is 3.14. The van der Waals surface area contributed by atoms with Crippen LogP contribution in [0.15, 0.2) is 6.33 Å². The molecule has 1 aromatic rings. The topological polar surface area (TPSA) is 98.1 Å². The van der Waals surface area contributed by atoms with Crippen molar-refractivity contribution in [3.8, 4) is 0 Å². The summed E-state index contributed by atoms with van der Waals surface area (Å²) in [5, 5.41) is 22.2. The number of carbonyl (C=O) groups is 1. The van der Waals surface area contributed by atoms with Crippen molar-refractivity contribution >= 4 is 6.16 Å². The maximum atomic E-state index is 9.90. The van der Waals surface area contributed by atoms with Gasteiger partial charge in [0.25, 0.3) is 0 Å². The summed E-state index contributed by atoms with van der Waals surface area (Å²) < 4.78 is 4.23. The summed E-state index contributed by atoms with van der Waals surface area (Å²) in [5.74, 6) is 0.360. The van der Waals surface area contributed by atoms with Crippen LogP contribution in [0.2, 0.25) is 0 Å². The van der Waals surface area contributed by atoms with Crippen LogP contribution in [0.4, 0.5) is 4.79 Å². The first kappa shape index (κ1) is 8.31. The summed E-state index contributed by atoms with van der Waals surface area (Å²) >= 11 is 0. The van der Waals surface area contributed by atoms with Gasteiger partial charge < -0.3 is 9.84 Å². The lowest BCUT2D eigenvalue weighted by Crippen LogP contribution is -2.07. The van der Waals surface area contributed by atoms with Crippen LogP contribution in [0.5, 0.6) is 0 Å². The Balaban J connectivity index is 2.29. The second-order valence-electron chi connectivity index (χ2n) is 1.83. The third-order valence-electron chi connectivity index (χ3n) is 1.00. The normalized spacial score (nSPS) is 9.33. The monoisotopic (exact) mass is 170 g/mol. The van der Waals surface area contributed by atoms with Gasteiger partial charge in [0.1, 0.15) is 6.61 Å². The van der Waals surface area contributed by atoms with Gasteiger partial charge in [-0.15, -0.1) is 20.4 Å². The molecule has 12 heavy (non-hydrogen) atoms. The van der Waals surface area contributed by atoms with Crippen LogP contribution in [-0.2, 0) is 11.2 Å². The van der Waals surface area contributed by atoms with Crippen molar-refractivity contribution < 1.29 is 14.6 Å². The average Bonchev–Trinajstić information content (AvgIpc) is 2.05. The molecule has 1 N–H and O–H groups in total. The number of ether oxygens (including phenoxy) is 1. The predicted molar refractivity (Wildman–Crippen MR) is 35.3 cm³/mol. The van der Waals surface area contributed by atoms with E-state index in [1.165, 1.54) is 6.33 Å². The van der Waals surface area contributed by atoms with E-state index in [0.29, 0.717) is 5.82 Å². The minimum atomic E-state index is -1.31. The van der Waals surface area contributed by atoms with Gasteiger partial charge in [-0.2, -0.15) is 0 Å². The van der Waals surface area contributed by atoms with E-state index < -0.39 is 6.16 Å². The highest BCUT2D eigenvalue weighted by molar-refractivity contribution is 5.56. The minimum Gasteiger partial charge on any atom is -0.450 e. The SMILES string of the molecule is O=C(O)OCCc1nncnn1. The fourth-order valence-corrected chi connectivity index (χ4v) is 0.558. The molecule has 0 aliphatic heterocycles. The fourth-order valence-electron chi connectivity index (χ4n) is 0.558. The Labute approximate surface area is 67.4 Å². The Morgan fingerprint density at radius 1 is 1.50 bits per heavy atom. The molecule has 7 nitrogen and oxygen atoms in total. The molecule has 0 aliphatic carbocycles. The summed E-state index contributed by atoms with van der Waals surface area (Å²) in [4.78, 5) is 9.90. The van der Waals surface area contributed by atoms with Gasteiger partial charge in [-0.3, -0.25) is 0 Å². The van der Waals surface area contributed by atoms with Gasteiger partial charge in [0.2, 0.25) is 0 Å². The van der Waals surface area contributed by atoms with Crippen molar-refractivity contribution in [2.45, 2.75) is 6.42 Å². The van der Waals surface area contributed by atoms with Crippen molar-refractivity contribution in [3.63, 3.8) is 0 Å². The van der Waals surface area contributed by atoms with Gasteiger partial charge >= 0.3 is 6.16 Å². The molecule has 0 amide bonds. The second-order valence-corrected chi connectivity index (χ2v) is 1.83. The Kier molecular flexibility index (Phi) is 2.88. The number of aromatic nitrogens is 4. The molecule has 0 atom stereocenters. The number of carboxylic acid groups (broad SMARTS) is 1. The van der Waals surface area contributed by atoms with E-state index in [0.717, 1.165) is 0 Å². The Bertz CT molecular complexity index is 252. The quantitative estimate of drug-likeness (QED) is 0.610. The zero-order valence-electron chi connectivity index (χ0n) is 6.04. The Morgan fingerprint density at radius 2 is 2.17 bits per heavy atom. The Hall–Kier alpha value is -1.79. The highest BCUT2D eigenvalue weighted by Crippen LogP contribution is 1.86. The summed E-state index contributed by atoms with van der Waals surface area (Å²) in [6.45, 7) is 0.0166. The van der Waals surface area contributed by atoms with Crippen LogP contribution in [0, 0.1) is 0 Å². The molecule has 1 aromatic heterocycles. The molecule has 7 heteroatoms. The lowest BCUT2D eigenvalue weighted by Gasteiger charge is -1.96. The summed E-state index contributed by atoms with van der Waals surface area (Å²) in [6, 6.07) is 0. The molecule has 0 saturated carbocycles. The molecule has 0 saturated heterocycles. The number of rotatable bonds is 3. The maximum Gasteiger partial charge on any atom is 0.505 e. The highest BCUT2D eigenvalue weighted by atomic mass is 16.7. The molecule has 1 rings (SSSR count). The van der Waals surface area contributed by atoms with Crippen LogP contribution < -0.4 is 0 Å². The van der Waals surface area contributed by atoms with Crippen LogP contribution >= 0.6 is 0 Å². The molecule has 0 aliphatic rings. The van der Waals surface area contributed by atoms with Crippen molar-refractivity contribution in [1.29, 1.82) is 0 Å². The molecule has 0 unspecified atom stereocenters.